The minimum Gasteiger partial charge on any atom is -0.492 e. The first-order chi connectivity index (χ1) is 12.0. The monoisotopic (exact) mass is 358 g/mol. The SMILES string of the molecule is C#Cc1ccc(Nc2c(C(=O)NC3CC3)ccc(F)c2OC)c(Cl)c1. The summed E-state index contributed by atoms with van der Waals surface area (Å²) in [5.41, 5.74) is 1.61. The summed E-state index contributed by atoms with van der Waals surface area (Å²) < 4.78 is 19.3. The maximum atomic E-state index is 14.1. The number of amides is 1. The number of benzene rings is 2. The first kappa shape index (κ1) is 17.1. The normalized spacial score (nSPS) is 13.0. The van der Waals surface area contributed by atoms with Crippen molar-refractivity contribution in [1.82, 2.24) is 5.32 Å². The second-order valence-electron chi connectivity index (χ2n) is 5.71. The summed E-state index contributed by atoms with van der Waals surface area (Å²) in [5.74, 6) is 1.56. The van der Waals surface area contributed by atoms with Crippen molar-refractivity contribution in [2.24, 2.45) is 0 Å². The number of carbonyl (C=O) groups is 1. The number of ether oxygens (including phenoxy) is 1. The number of nitrogens with one attached hydrogen (secondary N) is 2. The lowest BCUT2D eigenvalue weighted by atomic mass is 10.1. The minimum absolute atomic E-state index is 0.0551. The summed E-state index contributed by atoms with van der Waals surface area (Å²) in [6, 6.07) is 7.78. The van der Waals surface area contributed by atoms with Gasteiger partial charge >= 0.3 is 0 Å². The van der Waals surface area contributed by atoms with Gasteiger partial charge in [-0.1, -0.05) is 17.5 Å². The summed E-state index contributed by atoms with van der Waals surface area (Å²) in [6.45, 7) is 0. The summed E-state index contributed by atoms with van der Waals surface area (Å²) in [7, 11) is 1.34. The maximum absolute atomic E-state index is 14.1. The third-order valence-electron chi connectivity index (χ3n) is 3.87. The molecule has 2 aromatic carbocycles. The molecule has 0 aliphatic heterocycles. The van der Waals surface area contributed by atoms with E-state index in [1.165, 1.54) is 19.2 Å². The van der Waals surface area contributed by atoms with Gasteiger partial charge in [-0.25, -0.2) is 4.39 Å². The summed E-state index contributed by atoms with van der Waals surface area (Å²) in [4.78, 5) is 12.5. The Morgan fingerprint density at radius 1 is 1.36 bits per heavy atom. The largest absolute Gasteiger partial charge is 0.492 e. The first-order valence-electron chi connectivity index (χ1n) is 7.74. The molecular formula is C19H16ClFN2O2. The Labute approximate surface area is 150 Å². The molecule has 0 unspecified atom stereocenters. The van der Waals surface area contributed by atoms with Crippen molar-refractivity contribution in [1.29, 1.82) is 0 Å². The number of carbonyl (C=O) groups excluding carboxylic acids is 1. The average molecular weight is 359 g/mol. The molecule has 25 heavy (non-hydrogen) atoms. The fraction of sp³-hybridized carbons (Fsp3) is 0.211. The van der Waals surface area contributed by atoms with Gasteiger partial charge in [0.15, 0.2) is 11.6 Å². The summed E-state index contributed by atoms with van der Waals surface area (Å²) >= 11 is 6.23. The fourth-order valence-corrected chi connectivity index (χ4v) is 2.63. The van der Waals surface area contributed by atoms with E-state index in [0.717, 1.165) is 12.8 Å². The lowest BCUT2D eigenvalue weighted by molar-refractivity contribution is 0.0951. The number of halogens is 2. The highest BCUT2D eigenvalue weighted by Gasteiger charge is 2.27. The van der Waals surface area contributed by atoms with E-state index in [2.05, 4.69) is 16.6 Å². The van der Waals surface area contributed by atoms with Crippen molar-refractivity contribution in [3.05, 3.63) is 52.3 Å². The second kappa shape index (κ2) is 7.04. The van der Waals surface area contributed by atoms with E-state index in [-0.39, 0.29) is 28.9 Å². The van der Waals surface area contributed by atoms with Gasteiger partial charge in [-0.2, -0.15) is 0 Å². The van der Waals surface area contributed by atoms with E-state index < -0.39 is 5.82 Å². The summed E-state index contributed by atoms with van der Waals surface area (Å²) in [6.07, 6.45) is 7.25. The second-order valence-corrected chi connectivity index (χ2v) is 6.12. The molecule has 6 heteroatoms. The smallest absolute Gasteiger partial charge is 0.253 e. The van der Waals surface area contributed by atoms with Gasteiger partial charge in [-0.05, 0) is 43.2 Å². The zero-order valence-electron chi connectivity index (χ0n) is 13.5. The molecule has 4 nitrogen and oxygen atoms in total. The van der Waals surface area contributed by atoms with Crippen LogP contribution in [0, 0.1) is 18.2 Å². The maximum Gasteiger partial charge on any atom is 0.253 e. The number of methoxy groups -OCH3 is 1. The van der Waals surface area contributed by atoms with Crippen LogP contribution in [-0.2, 0) is 0 Å². The van der Waals surface area contributed by atoms with Gasteiger partial charge in [0.1, 0.15) is 0 Å². The molecule has 0 aromatic heterocycles. The van der Waals surface area contributed by atoms with Gasteiger partial charge in [0.05, 0.1) is 29.1 Å². The van der Waals surface area contributed by atoms with Crippen LogP contribution in [0.4, 0.5) is 15.8 Å². The third-order valence-corrected chi connectivity index (χ3v) is 4.18. The van der Waals surface area contributed by atoms with E-state index >= 15 is 0 Å². The Balaban J connectivity index is 2.01. The molecule has 3 rings (SSSR count). The lowest BCUT2D eigenvalue weighted by Gasteiger charge is -2.17. The van der Waals surface area contributed by atoms with Crippen molar-refractivity contribution in [2.75, 3.05) is 12.4 Å². The molecule has 0 radical (unpaired) electrons. The number of rotatable bonds is 5. The number of anilines is 2. The van der Waals surface area contributed by atoms with Gasteiger partial charge in [0, 0.05) is 11.6 Å². The molecule has 1 amide bonds. The van der Waals surface area contributed by atoms with Crippen molar-refractivity contribution in [2.45, 2.75) is 18.9 Å². The topological polar surface area (TPSA) is 50.4 Å². The Hall–Kier alpha value is -2.71. The molecule has 0 spiro atoms. The zero-order valence-corrected chi connectivity index (χ0v) is 14.3. The molecule has 1 fully saturated rings. The van der Waals surface area contributed by atoms with Crippen molar-refractivity contribution in [3.63, 3.8) is 0 Å². The van der Waals surface area contributed by atoms with Crippen LogP contribution in [0.15, 0.2) is 30.3 Å². The van der Waals surface area contributed by atoms with Gasteiger partial charge in [0.25, 0.3) is 5.91 Å². The highest BCUT2D eigenvalue weighted by Crippen LogP contribution is 2.36. The number of hydrogen-bond acceptors (Lipinski definition) is 3. The molecule has 2 aromatic rings. The Bertz CT molecular complexity index is 872. The highest BCUT2D eigenvalue weighted by atomic mass is 35.5. The standard InChI is InChI=1S/C19H16ClFN2O2/c1-3-11-4-9-16(14(20)10-11)23-17-13(19(24)22-12-5-6-12)7-8-15(21)18(17)25-2/h1,4,7-10,12,23H,5-6H2,2H3,(H,22,24). The first-order valence-corrected chi connectivity index (χ1v) is 8.11. The molecule has 0 heterocycles. The predicted octanol–water partition coefficient (Wildman–Crippen LogP) is 4.10. The van der Waals surface area contributed by atoms with Crippen molar-refractivity contribution < 1.29 is 13.9 Å². The lowest BCUT2D eigenvalue weighted by Crippen LogP contribution is -2.26. The highest BCUT2D eigenvalue weighted by molar-refractivity contribution is 6.33. The van der Waals surface area contributed by atoms with E-state index in [4.69, 9.17) is 22.8 Å². The number of hydrogen-bond donors (Lipinski definition) is 2. The molecule has 1 saturated carbocycles. The molecule has 2 N–H and O–H groups in total. The molecular weight excluding hydrogens is 343 g/mol. The fourth-order valence-electron chi connectivity index (χ4n) is 2.40. The average Bonchev–Trinajstić information content (AvgIpc) is 3.40. The van der Waals surface area contributed by atoms with Crippen LogP contribution in [0.3, 0.4) is 0 Å². The summed E-state index contributed by atoms with van der Waals surface area (Å²) in [5, 5.41) is 6.24. The molecule has 128 valence electrons. The predicted molar refractivity (Wildman–Crippen MR) is 96.1 cm³/mol. The van der Waals surface area contributed by atoms with Crippen LogP contribution in [-0.4, -0.2) is 19.1 Å². The van der Waals surface area contributed by atoms with E-state index in [0.29, 0.717) is 16.3 Å². The van der Waals surface area contributed by atoms with Crippen LogP contribution < -0.4 is 15.4 Å². The quantitative estimate of drug-likeness (QED) is 0.791. The van der Waals surface area contributed by atoms with Gasteiger partial charge in [0.2, 0.25) is 0 Å². The Morgan fingerprint density at radius 3 is 2.72 bits per heavy atom. The van der Waals surface area contributed by atoms with E-state index in [9.17, 15) is 9.18 Å². The van der Waals surface area contributed by atoms with E-state index in [1.807, 2.05) is 0 Å². The van der Waals surface area contributed by atoms with Crippen LogP contribution in [0.1, 0.15) is 28.8 Å². The third kappa shape index (κ3) is 3.70. The Morgan fingerprint density at radius 2 is 2.12 bits per heavy atom. The van der Waals surface area contributed by atoms with Crippen LogP contribution in [0.25, 0.3) is 0 Å². The molecule has 1 aliphatic rings. The minimum atomic E-state index is -0.579. The van der Waals surface area contributed by atoms with Crippen LogP contribution in [0.2, 0.25) is 5.02 Å². The van der Waals surface area contributed by atoms with Crippen molar-refractivity contribution >= 4 is 28.9 Å². The van der Waals surface area contributed by atoms with Crippen LogP contribution >= 0.6 is 11.6 Å². The van der Waals surface area contributed by atoms with Crippen LogP contribution in [0.5, 0.6) is 5.75 Å². The van der Waals surface area contributed by atoms with E-state index in [1.54, 1.807) is 18.2 Å². The molecule has 1 aliphatic carbocycles. The van der Waals surface area contributed by atoms with Gasteiger partial charge in [-0.3, -0.25) is 4.79 Å². The molecule has 0 bridgehead atoms. The van der Waals surface area contributed by atoms with Gasteiger partial charge in [-0.15, -0.1) is 6.42 Å². The van der Waals surface area contributed by atoms with Gasteiger partial charge < -0.3 is 15.4 Å². The zero-order chi connectivity index (χ0) is 18.0. The Kier molecular flexibility index (Phi) is 4.82. The number of terminal acetylenes is 1. The van der Waals surface area contributed by atoms with Crippen molar-refractivity contribution in [3.8, 4) is 18.1 Å². The molecule has 0 atom stereocenters. The molecule has 0 saturated heterocycles.